The normalized spacial score (nSPS) is 13.4. The number of benzene rings is 1. The van der Waals surface area contributed by atoms with Gasteiger partial charge in [0.1, 0.15) is 5.03 Å². The number of nitrogens with one attached hydrogen (secondary N) is 1. The van der Waals surface area contributed by atoms with Crippen LogP contribution in [-0.2, 0) is 0 Å². The van der Waals surface area contributed by atoms with Crippen LogP contribution >= 0.6 is 46.5 Å². The fraction of sp³-hybridized carbons (Fsp3) is 0.250. The Bertz CT molecular complexity index is 689. The molecular formula is C12H12ClN3O2S3. The summed E-state index contributed by atoms with van der Waals surface area (Å²) in [5.74, 6) is 0. The first-order valence-electron chi connectivity index (χ1n) is 5.86. The molecule has 0 aliphatic carbocycles. The molecule has 1 aromatic heterocycles. The summed E-state index contributed by atoms with van der Waals surface area (Å²) >= 11 is 10.3. The van der Waals surface area contributed by atoms with Crippen LogP contribution < -0.4 is 5.32 Å². The molecule has 2 rings (SSSR count). The van der Waals surface area contributed by atoms with E-state index in [1.165, 1.54) is 23.5 Å². The highest BCUT2D eigenvalue weighted by molar-refractivity contribution is 8.03. The van der Waals surface area contributed by atoms with Crippen LogP contribution in [-0.4, -0.2) is 21.5 Å². The standard InChI is InChI=1S/C12H12ClN3O2S3/c1-7(14-11(19-2)6-16(17)18)20-12-15-9-5-8(13)3-4-10(9)21-12/h3-7,14H,1-2H3. The van der Waals surface area contributed by atoms with E-state index in [4.69, 9.17) is 11.6 Å². The van der Waals surface area contributed by atoms with E-state index in [0.29, 0.717) is 10.1 Å². The Morgan fingerprint density at radius 2 is 2.38 bits per heavy atom. The number of thioether (sulfide) groups is 2. The van der Waals surface area contributed by atoms with Crippen LogP contribution in [0.15, 0.2) is 33.8 Å². The topological polar surface area (TPSA) is 68.1 Å². The minimum Gasteiger partial charge on any atom is -0.363 e. The average molecular weight is 362 g/mol. The van der Waals surface area contributed by atoms with Gasteiger partial charge in [0.05, 0.1) is 20.5 Å². The van der Waals surface area contributed by atoms with E-state index in [-0.39, 0.29) is 5.37 Å². The van der Waals surface area contributed by atoms with Crippen molar-refractivity contribution in [3.63, 3.8) is 0 Å². The van der Waals surface area contributed by atoms with Gasteiger partial charge in [-0.3, -0.25) is 10.1 Å². The third-order valence-corrected chi connectivity index (χ3v) is 5.43. The van der Waals surface area contributed by atoms with Crippen molar-refractivity contribution in [1.82, 2.24) is 10.3 Å². The second-order valence-corrected chi connectivity index (χ2v) is 7.88. The summed E-state index contributed by atoms with van der Waals surface area (Å²) in [4.78, 5) is 14.5. The Kier molecular flexibility index (Phi) is 5.74. The maximum atomic E-state index is 10.5. The second-order valence-electron chi connectivity index (χ2n) is 3.98. The predicted molar refractivity (Wildman–Crippen MR) is 91.7 cm³/mol. The predicted octanol–water partition coefficient (Wildman–Crippen LogP) is 4.42. The van der Waals surface area contributed by atoms with Crippen molar-refractivity contribution in [1.29, 1.82) is 0 Å². The van der Waals surface area contributed by atoms with Crippen LogP contribution in [0.25, 0.3) is 10.2 Å². The number of halogens is 1. The number of nitrogens with zero attached hydrogens (tertiary/aromatic N) is 2. The lowest BCUT2D eigenvalue weighted by Crippen LogP contribution is -2.21. The Morgan fingerprint density at radius 1 is 1.62 bits per heavy atom. The van der Waals surface area contributed by atoms with Crippen LogP contribution in [0.3, 0.4) is 0 Å². The first kappa shape index (κ1) is 16.4. The molecule has 0 amide bonds. The van der Waals surface area contributed by atoms with Gasteiger partial charge in [0.25, 0.3) is 6.20 Å². The summed E-state index contributed by atoms with van der Waals surface area (Å²) < 4.78 is 1.97. The molecule has 1 atom stereocenters. The smallest absolute Gasteiger partial charge is 0.263 e. The third-order valence-electron chi connectivity index (χ3n) is 2.40. The Hall–Kier alpha value is -0.960. The van der Waals surface area contributed by atoms with Gasteiger partial charge < -0.3 is 5.32 Å². The van der Waals surface area contributed by atoms with Gasteiger partial charge in [0.2, 0.25) is 0 Å². The van der Waals surface area contributed by atoms with Gasteiger partial charge in [-0.05, 0) is 31.4 Å². The largest absolute Gasteiger partial charge is 0.363 e. The van der Waals surface area contributed by atoms with Gasteiger partial charge in [-0.15, -0.1) is 23.1 Å². The fourth-order valence-electron chi connectivity index (χ4n) is 1.56. The lowest BCUT2D eigenvalue weighted by molar-refractivity contribution is -0.403. The Labute approximate surface area is 139 Å². The zero-order valence-electron chi connectivity index (χ0n) is 11.2. The average Bonchev–Trinajstić information content (AvgIpc) is 2.78. The summed E-state index contributed by atoms with van der Waals surface area (Å²) in [5.41, 5.74) is 0.869. The molecule has 9 heteroatoms. The number of nitro groups is 1. The van der Waals surface area contributed by atoms with Gasteiger partial charge in [-0.2, -0.15) is 0 Å². The fourth-order valence-corrected chi connectivity index (χ4v) is 4.49. The third kappa shape index (κ3) is 4.77. The van der Waals surface area contributed by atoms with Crippen molar-refractivity contribution < 1.29 is 4.92 Å². The zero-order valence-corrected chi connectivity index (χ0v) is 14.4. The van der Waals surface area contributed by atoms with Gasteiger partial charge in [-0.1, -0.05) is 23.4 Å². The first-order chi connectivity index (χ1) is 9.97. The molecule has 0 fully saturated rings. The van der Waals surface area contributed by atoms with Crippen molar-refractivity contribution in [2.75, 3.05) is 6.26 Å². The molecule has 0 aliphatic rings. The van der Waals surface area contributed by atoms with Crippen molar-refractivity contribution >= 4 is 56.7 Å². The van der Waals surface area contributed by atoms with Crippen molar-refractivity contribution in [3.05, 3.63) is 44.6 Å². The van der Waals surface area contributed by atoms with Gasteiger partial charge in [0.15, 0.2) is 4.34 Å². The molecular weight excluding hydrogens is 350 g/mol. The lowest BCUT2D eigenvalue weighted by atomic mass is 10.3. The number of rotatable bonds is 6. The molecule has 0 bridgehead atoms. The quantitative estimate of drug-likeness (QED) is 0.355. The molecule has 0 saturated carbocycles. The van der Waals surface area contributed by atoms with E-state index in [1.54, 1.807) is 17.6 Å². The van der Waals surface area contributed by atoms with Gasteiger partial charge >= 0.3 is 0 Å². The molecule has 21 heavy (non-hydrogen) atoms. The highest BCUT2D eigenvalue weighted by Crippen LogP contribution is 2.33. The summed E-state index contributed by atoms with van der Waals surface area (Å²) in [6.07, 6.45) is 2.76. The summed E-state index contributed by atoms with van der Waals surface area (Å²) in [6.45, 7) is 1.94. The Balaban J connectivity index is 2.07. The molecule has 0 saturated heterocycles. The first-order valence-corrected chi connectivity index (χ1v) is 9.16. The molecule has 0 aliphatic heterocycles. The van der Waals surface area contributed by atoms with E-state index < -0.39 is 4.92 Å². The minimum absolute atomic E-state index is 0.0281. The van der Waals surface area contributed by atoms with Crippen LogP contribution in [0, 0.1) is 10.1 Å². The van der Waals surface area contributed by atoms with Crippen molar-refractivity contribution in [2.24, 2.45) is 0 Å². The molecule has 0 spiro atoms. The maximum absolute atomic E-state index is 10.5. The van der Waals surface area contributed by atoms with Crippen LogP contribution in [0.1, 0.15) is 6.92 Å². The summed E-state index contributed by atoms with van der Waals surface area (Å²) in [6, 6.07) is 5.61. The Morgan fingerprint density at radius 3 is 3.05 bits per heavy atom. The van der Waals surface area contributed by atoms with Crippen LogP contribution in [0.5, 0.6) is 0 Å². The van der Waals surface area contributed by atoms with Crippen LogP contribution in [0.2, 0.25) is 5.02 Å². The van der Waals surface area contributed by atoms with E-state index >= 15 is 0 Å². The molecule has 1 aromatic carbocycles. The number of aromatic nitrogens is 1. The van der Waals surface area contributed by atoms with Gasteiger partial charge in [0, 0.05) is 5.02 Å². The monoisotopic (exact) mass is 361 g/mol. The number of hydrogen-bond donors (Lipinski definition) is 1. The molecule has 1 unspecified atom stereocenters. The molecule has 0 radical (unpaired) electrons. The van der Waals surface area contributed by atoms with E-state index in [2.05, 4.69) is 10.3 Å². The molecule has 5 nitrogen and oxygen atoms in total. The maximum Gasteiger partial charge on any atom is 0.263 e. The van der Waals surface area contributed by atoms with Crippen molar-refractivity contribution in [2.45, 2.75) is 16.6 Å². The highest BCUT2D eigenvalue weighted by atomic mass is 35.5. The highest BCUT2D eigenvalue weighted by Gasteiger charge is 2.12. The second kappa shape index (κ2) is 7.35. The number of hydrogen-bond acceptors (Lipinski definition) is 7. The minimum atomic E-state index is -0.462. The SMILES string of the molecule is CSC(=C[N+](=O)[O-])NC(C)Sc1nc2cc(Cl)ccc2s1. The van der Waals surface area contributed by atoms with E-state index in [9.17, 15) is 10.1 Å². The molecule has 1 N–H and O–H groups in total. The van der Waals surface area contributed by atoms with Gasteiger partial charge in [-0.25, -0.2) is 4.98 Å². The number of thiazole rings is 1. The molecule has 1 heterocycles. The molecule has 2 aromatic rings. The van der Waals surface area contributed by atoms with Crippen molar-refractivity contribution in [3.8, 4) is 0 Å². The lowest BCUT2D eigenvalue weighted by Gasteiger charge is -2.12. The van der Waals surface area contributed by atoms with E-state index in [1.807, 2.05) is 25.1 Å². The van der Waals surface area contributed by atoms with Crippen LogP contribution in [0.4, 0.5) is 0 Å². The van der Waals surface area contributed by atoms with E-state index in [0.717, 1.165) is 20.8 Å². The zero-order chi connectivity index (χ0) is 15.4. The summed E-state index contributed by atoms with van der Waals surface area (Å²) in [5, 5.41) is 14.7. The summed E-state index contributed by atoms with van der Waals surface area (Å²) in [7, 11) is 0. The molecule has 112 valence electrons. The number of fused-ring (bicyclic) bond motifs is 1.